The zero-order valence-electron chi connectivity index (χ0n) is 10.5. The van der Waals surface area contributed by atoms with Crippen LogP contribution >= 0.6 is 11.8 Å². The number of aryl methyl sites for hydroxylation is 1. The monoisotopic (exact) mass is 274 g/mol. The molecule has 0 aliphatic heterocycles. The summed E-state index contributed by atoms with van der Waals surface area (Å²) in [4.78, 5) is 14.9. The molecule has 5 heteroatoms. The number of nitrogens with two attached hydrogens (primary N) is 1. The average molecular weight is 274 g/mol. The normalized spacial score (nSPS) is 10.4. The maximum atomic E-state index is 10.8. The van der Waals surface area contributed by atoms with E-state index in [1.807, 2.05) is 25.1 Å². The van der Waals surface area contributed by atoms with E-state index in [1.165, 1.54) is 35.2 Å². The third kappa shape index (κ3) is 3.48. The summed E-state index contributed by atoms with van der Waals surface area (Å²) in [5.41, 5.74) is 8.71. The largest absolute Gasteiger partial charge is 0.478 e. The molecule has 3 N–H and O–H groups in total. The van der Waals surface area contributed by atoms with Crippen molar-refractivity contribution in [1.29, 1.82) is 0 Å². The topological polar surface area (TPSA) is 76.2 Å². The van der Waals surface area contributed by atoms with Crippen LogP contribution < -0.4 is 5.73 Å². The minimum Gasteiger partial charge on any atom is -0.478 e. The van der Waals surface area contributed by atoms with Crippen LogP contribution in [0.3, 0.4) is 0 Å². The molecule has 1 aromatic carbocycles. The van der Waals surface area contributed by atoms with E-state index >= 15 is 0 Å². The van der Waals surface area contributed by atoms with E-state index in [2.05, 4.69) is 11.1 Å². The zero-order chi connectivity index (χ0) is 13.8. The molecule has 0 fully saturated rings. The lowest BCUT2D eigenvalue weighted by Gasteiger charge is -2.06. The molecule has 0 spiro atoms. The Hall–Kier alpha value is -2.01. The van der Waals surface area contributed by atoms with Crippen molar-refractivity contribution in [2.75, 3.05) is 5.73 Å². The highest BCUT2D eigenvalue weighted by molar-refractivity contribution is 7.98. The number of carbonyl (C=O) groups is 1. The van der Waals surface area contributed by atoms with Gasteiger partial charge in [-0.1, -0.05) is 41.6 Å². The van der Waals surface area contributed by atoms with Crippen molar-refractivity contribution in [3.05, 3.63) is 53.2 Å². The van der Waals surface area contributed by atoms with Gasteiger partial charge in [0.1, 0.15) is 5.03 Å². The molecular weight excluding hydrogens is 260 g/mol. The molecule has 0 bridgehead atoms. The van der Waals surface area contributed by atoms with Gasteiger partial charge in [-0.3, -0.25) is 0 Å². The molecule has 0 aliphatic carbocycles. The van der Waals surface area contributed by atoms with Crippen LogP contribution in [0.5, 0.6) is 0 Å². The summed E-state index contributed by atoms with van der Waals surface area (Å²) in [7, 11) is 0. The second-order valence-corrected chi connectivity index (χ2v) is 5.17. The molecule has 0 saturated carbocycles. The van der Waals surface area contributed by atoms with E-state index in [0.29, 0.717) is 10.7 Å². The first kappa shape index (κ1) is 13.4. The van der Waals surface area contributed by atoms with E-state index in [4.69, 9.17) is 10.8 Å². The number of carboxylic acid groups (broad SMARTS) is 1. The van der Waals surface area contributed by atoms with Crippen LogP contribution in [0, 0.1) is 6.92 Å². The van der Waals surface area contributed by atoms with Crippen LogP contribution in [0.1, 0.15) is 21.5 Å². The predicted molar refractivity (Wildman–Crippen MR) is 76.3 cm³/mol. The molecule has 98 valence electrons. The highest BCUT2D eigenvalue weighted by Gasteiger charge is 2.08. The van der Waals surface area contributed by atoms with Crippen LogP contribution in [0.2, 0.25) is 0 Å². The molecule has 2 aromatic rings. The first-order valence-electron chi connectivity index (χ1n) is 5.73. The summed E-state index contributed by atoms with van der Waals surface area (Å²) in [5, 5.41) is 9.50. The Bertz CT molecular complexity index is 614. The predicted octanol–water partition coefficient (Wildman–Crippen LogP) is 2.96. The first-order valence-corrected chi connectivity index (χ1v) is 6.72. The third-order valence-corrected chi connectivity index (χ3v) is 3.68. The van der Waals surface area contributed by atoms with Gasteiger partial charge >= 0.3 is 5.97 Å². The van der Waals surface area contributed by atoms with E-state index < -0.39 is 5.97 Å². The van der Waals surface area contributed by atoms with Crippen LogP contribution in [0.15, 0.2) is 41.6 Å². The van der Waals surface area contributed by atoms with E-state index in [9.17, 15) is 4.79 Å². The molecule has 2 rings (SSSR count). The van der Waals surface area contributed by atoms with E-state index in [0.717, 1.165) is 5.75 Å². The number of nitrogen functional groups attached to an aromatic ring is 1. The van der Waals surface area contributed by atoms with E-state index in [-0.39, 0.29) is 5.56 Å². The van der Waals surface area contributed by atoms with Gasteiger partial charge in [0.05, 0.1) is 11.3 Å². The highest BCUT2D eigenvalue weighted by atomic mass is 32.2. The van der Waals surface area contributed by atoms with Crippen LogP contribution in [0.4, 0.5) is 5.69 Å². The lowest BCUT2D eigenvalue weighted by atomic mass is 10.2. The Morgan fingerprint density at radius 1 is 1.42 bits per heavy atom. The molecule has 0 atom stereocenters. The van der Waals surface area contributed by atoms with Gasteiger partial charge in [0.25, 0.3) is 0 Å². The minimum atomic E-state index is -1.02. The summed E-state index contributed by atoms with van der Waals surface area (Å²) < 4.78 is 0. The van der Waals surface area contributed by atoms with Gasteiger partial charge in [-0.15, -0.1) is 0 Å². The Kier molecular flexibility index (Phi) is 4.06. The molecule has 19 heavy (non-hydrogen) atoms. The average Bonchev–Trinajstić information content (AvgIpc) is 2.37. The fourth-order valence-electron chi connectivity index (χ4n) is 1.66. The number of aromatic nitrogens is 1. The Morgan fingerprint density at radius 2 is 2.21 bits per heavy atom. The molecular formula is C14H14N2O2S. The number of thioether (sulfide) groups is 1. The lowest BCUT2D eigenvalue weighted by Crippen LogP contribution is -2.01. The molecule has 0 unspecified atom stereocenters. The molecule has 0 radical (unpaired) electrons. The van der Waals surface area contributed by atoms with Crippen molar-refractivity contribution in [3.63, 3.8) is 0 Å². The second-order valence-electron chi connectivity index (χ2n) is 4.20. The van der Waals surface area contributed by atoms with Gasteiger partial charge in [0.2, 0.25) is 0 Å². The molecule has 0 amide bonds. The maximum absolute atomic E-state index is 10.8. The molecule has 1 heterocycles. The van der Waals surface area contributed by atoms with Gasteiger partial charge in [0.15, 0.2) is 0 Å². The Morgan fingerprint density at radius 3 is 2.84 bits per heavy atom. The number of hydrogen-bond acceptors (Lipinski definition) is 4. The quantitative estimate of drug-likeness (QED) is 0.838. The molecule has 1 aromatic heterocycles. The summed E-state index contributed by atoms with van der Waals surface area (Å²) in [6.07, 6.45) is 1.33. The smallest absolute Gasteiger partial charge is 0.337 e. The summed E-state index contributed by atoms with van der Waals surface area (Å²) in [6, 6.07) is 9.64. The third-order valence-electron chi connectivity index (χ3n) is 2.58. The van der Waals surface area contributed by atoms with E-state index in [1.54, 1.807) is 0 Å². The number of anilines is 1. The van der Waals surface area contributed by atoms with Crippen molar-refractivity contribution in [2.45, 2.75) is 17.7 Å². The number of aromatic carboxylic acids is 1. The fourth-order valence-corrected chi connectivity index (χ4v) is 2.50. The minimum absolute atomic E-state index is 0.109. The summed E-state index contributed by atoms with van der Waals surface area (Å²) >= 11 is 1.50. The maximum Gasteiger partial charge on any atom is 0.337 e. The van der Waals surface area contributed by atoms with Crippen molar-refractivity contribution in [3.8, 4) is 0 Å². The fraction of sp³-hybridized carbons (Fsp3) is 0.143. The summed E-state index contributed by atoms with van der Waals surface area (Å²) in [6.45, 7) is 2.04. The number of carboxylic acids is 1. The van der Waals surface area contributed by atoms with Gasteiger partial charge in [0, 0.05) is 11.9 Å². The lowest BCUT2D eigenvalue weighted by molar-refractivity contribution is 0.0696. The number of nitrogens with zero attached hydrogens (tertiary/aromatic N) is 1. The van der Waals surface area contributed by atoms with Crippen molar-refractivity contribution >= 4 is 23.4 Å². The highest BCUT2D eigenvalue weighted by Crippen LogP contribution is 2.26. The van der Waals surface area contributed by atoms with Crippen LogP contribution in [-0.4, -0.2) is 16.1 Å². The number of hydrogen-bond donors (Lipinski definition) is 2. The van der Waals surface area contributed by atoms with Gasteiger partial charge in [-0.25, -0.2) is 9.78 Å². The number of benzene rings is 1. The number of rotatable bonds is 4. The van der Waals surface area contributed by atoms with Crippen LogP contribution in [0.25, 0.3) is 0 Å². The van der Waals surface area contributed by atoms with Crippen LogP contribution in [-0.2, 0) is 5.75 Å². The Balaban J connectivity index is 2.10. The second kappa shape index (κ2) is 5.75. The van der Waals surface area contributed by atoms with Crippen molar-refractivity contribution < 1.29 is 9.90 Å². The van der Waals surface area contributed by atoms with Crippen molar-refractivity contribution in [1.82, 2.24) is 4.98 Å². The first-order chi connectivity index (χ1) is 9.06. The van der Waals surface area contributed by atoms with Crippen molar-refractivity contribution in [2.24, 2.45) is 0 Å². The molecule has 0 aliphatic rings. The SMILES string of the molecule is Cc1cccc(CSc2ncc(C(=O)O)cc2N)c1. The van der Waals surface area contributed by atoms with Gasteiger partial charge in [-0.2, -0.15) is 0 Å². The Labute approximate surface area is 115 Å². The number of pyridine rings is 1. The molecule has 0 saturated heterocycles. The summed E-state index contributed by atoms with van der Waals surface area (Å²) in [5.74, 6) is -0.264. The van der Waals surface area contributed by atoms with Gasteiger partial charge < -0.3 is 10.8 Å². The van der Waals surface area contributed by atoms with Gasteiger partial charge in [-0.05, 0) is 18.6 Å². The molecule has 4 nitrogen and oxygen atoms in total. The standard InChI is InChI=1S/C14H14N2O2S/c1-9-3-2-4-10(5-9)8-19-13-12(15)6-11(7-16-13)14(17)18/h2-7H,8,15H2,1H3,(H,17,18). The zero-order valence-corrected chi connectivity index (χ0v) is 11.3.